The number of rotatable bonds is 4. The molecule has 1 fully saturated rings. The van der Waals surface area contributed by atoms with Crippen molar-refractivity contribution in [3.63, 3.8) is 0 Å². The molecule has 0 amide bonds. The van der Waals surface area contributed by atoms with Crippen LogP contribution in [0.2, 0.25) is 0 Å². The summed E-state index contributed by atoms with van der Waals surface area (Å²) in [5.74, 6) is 0.407. The number of aryl methyl sites for hydroxylation is 2. The fourth-order valence-corrected chi connectivity index (χ4v) is 4.83. The lowest BCUT2D eigenvalue weighted by atomic mass is 10.1. The second-order valence-electron chi connectivity index (χ2n) is 6.19. The lowest BCUT2D eigenvalue weighted by Crippen LogP contribution is -2.33. The molecule has 21 heavy (non-hydrogen) atoms. The maximum Gasteiger partial charge on any atom is 0.243 e. The zero-order chi connectivity index (χ0) is 15.8. The molecule has 1 aromatic carbocycles. The normalized spacial score (nSPS) is 20.3. The van der Waals surface area contributed by atoms with Gasteiger partial charge in [-0.1, -0.05) is 0 Å². The summed E-state index contributed by atoms with van der Waals surface area (Å²) in [6.07, 6.45) is 1.05. The van der Waals surface area contributed by atoms with Crippen molar-refractivity contribution in [1.29, 1.82) is 0 Å². The smallest absolute Gasteiger partial charge is 0.243 e. The van der Waals surface area contributed by atoms with Gasteiger partial charge in [-0.2, -0.15) is 0 Å². The molecule has 1 heterocycles. The SMILES string of the molecule is Cc1cc(N)cc(C)c1S(=O)(=O)N(C)CC1CCN(C)C1. The van der Waals surface area contributed by atoms with E-state index in [0.29, 0.717) is 34.2 Å². The molecule has 5 nitrogen and oxygen atoms in total. The van der Waals surface area contributed by atoms with Crippen LogP contribution in [-0.4, -0.2) is 51.4 Å². The summed E-state index contributed by atoms with van der Waals surface area (Å²) in [4.78, 5) is 2.63. The van der Waals surface area contributed by atoms with E-state index >= 15 is 0 Å². The van der Waals surface area contributed by atoms with Crippen LogP contribution in [-0.2, 0) is 10.0 Å². The molecule has 0 radical (unpaired) electrons. The molecule has 118 valence electrons. The van der Waals surface area contributed by atoms with E-state index in [4.69, 9.17) is 5.73 Å². The number of nitrogens with two attached hydrogens (primary N) is 1. The highest BCUT2D eigenvalue weighted by Crippen LogP contribution is 2.27. The van der Waals surface area contributed by atoms with Crippen LogP contribution in [0.3, 0.4) is 0 Å². The van der Waals surface area contributed by atoms with E-state index in [1.54, 1.807) is 33.0 Å². The molecule has 2 N–H and O–H groups in total. The predicted octanol–water partition coefficient (Wildman–Crippen LogP) is 1.46. The van der Waals surface area contributed by atoms with E-state index in [9.17, 15) is 8.42 Å². The van der Waals surface area contributed by atoms with Gasteiger partial charge in [-0.15, -0.1) is 0 Å². The molecule has 1 aromatic rings. The highest BCUT2D eigenvalue weighted by Gasteiger charge is 2.29. The first-order valence-corrected chi connectivity index (χ1v) is 8.67. The first-order chi connectivity index (χ1) is 9.71. The molecule has 0 bridgehead atoms. The Morgan fingerprint density at radius 3 is 2.38 bits per heavy atom. The molecule has 0 saturated carbocycles. The summed E-state index contributed by atoms with van der Waals surface area (Å²) in [5.41, 5.74) is 7.80. The van der Waals surface area contributed by atoms with E-state index in [2.05, 4.69) is 11.9 Å². The summed E-state index contributed by atoms with van der Waals surface area (Å²) in [5, 5.41) is 0. The minimum absolute atomic E-state index is 0.394. The first-order valence-electron chi connectivity index (χ1n) is 7.23. The van der Waals surface area contributed by atoms with Gasteiger partial charge in [0.15, 0.2) is 0 Å². The fourth-order valence-electron chi connectivity index (χ4n) is 3.18. The van der Waals surface area contributed by atoms with Crippen LogP contribution in [0.4, 0.5) is 5.69 Å². The number of nitrogens with zero attached hydrogens (tertiary/aromatic N) is 2. The van der Waals surface area contributed by atoms with Crippen molar-refractivity contribution in [3.8, 4) is 0 Å². The van der Waals surface area contributed by atoms with Gasteiger partial charge in [-0.05, 0) is 63.0 Å². The number of likely N-dealkylation sites (tertiary alicyclic amines) is 1. The number of anilines is 1. The van der Waals surface area contributed by atoms with Gasteiger partial charge in [0.05, 0.1) is 4.90 Å². The highest BCUT2D eigenvalue weighted by molar-refractivity contribution is 7.89. The zero-order valence-corrected chi connectivity index (χ0v) is 14.1. The van der Waals surface area contributed by atoms with E-state index in [-0.39, 0.29) is 0 Å². The summed E-state index contributed by atoms with van der Waals surface area (Å²) in [6, 6.07) is 3.44. The number of hydrogen-bond acceptors (Lipinski definition) is 4. The second kappa shape index (κ2) is 5.94. The summed E-state index contributed by atoms with van der Waals surface area (Å²) >= 11 is 0. The summed E-state index contributed by atoms with van der Waals surface area (Å²) < 4.78 is 27.1. The van der Waals surface area contributed by atoms with Gasteiger partial charge in [0.2, 0.25) is 10.0 Å². The molecule has 6 heteroatoms. The third-order valence-corrected chi connectivity index (χ3v) is 6.28. The minimum Gasteiger partial charge on any atom is -0.399 e. The molecule has 1 saturated heterocycles. The minimum atomic E-state index is -3.46. The van der Waals surface area contributed by atoms with E-state index in [1.807, 2.05) is 0 Å². The van der Waals surface area contributed by atoms with Gasteiger partial charge in [0.1, 0.15) is 0 Å². The van der Waals surface area contributed by atoms with Crippen molar-refractivity contribution < 1.29 is 8.42 Å². The molecule has 1 aliphatic heterocycles. The lowest BCUT2D eigenvalue weighted by molar-refractivity contribution is 0.356. The molecule has 2 rings (SSSR count). The maximum atomic E-state index is 12.8. The Hall–Kier alpha value is -1.11. The van der Waals surface area contributed by atoms with Crippen LogP contribution in [0.15, 0.2) is 17.0 Å². The van der Waals surface area contributed by atoms with Crippen LogP contribution in [0, 0.1) is 19.8 Å². The van der Waals surface area contributed by atoms with Crippen LogP contribution in [0.1, 0.15) is 17.5 Å². The quantitative estimate of drug-likeness (QED) is 0.855. The van der Waals surface area contributed by atoms with Crippen molar-refractivity contribution in [2.24, 2.45) is 5.92 Å². The van der Waals surface area contributed by atoms with Gasteiger partial charge in [-0.25, -0.2) is 12.7 Å². The summed E-state index contributed by atoms with van der Waals surface area (Å²) in [6.45, 7) is 6.16. The molecule has 0 spiro atoms. The Labute approximate surface area is 127 Å². The zero-order valence-electron chi connectivity index (χ0n) is 13.3. The summed E-state index contributed by atoms with van der Waals surface area (Å²) in [7, 11) is 0.279. The topological polar surface area (TPSA) is 66.6 Å². The molecular weight excluding hydrogens is 286 g/mol. The number of hydrogen-bond donors (Lipinski definition) is 1. The molecule has 1 aliphatic rings. The van der Waals surface area contributed by atoms with Crippen molar-refractivity contribution in [1.82, 2.24) is 9.21 Å². The number of benzene rings is 1. The Bertz CT molecular complexity index is 605. The third-order valence-electron chi connectivity index (χ3n) is 4.16. The Balaban J connectivity index is 2.25. The van der Waals surface area contributed by atoms with Crippen LogP contribution < -0.4 is 5.73 Å². The van der Waals surface area contributed by atoms with Crippen LogP contribution >= 0.6 is 0 Å². The molecule has 1 atom stereocenters. The Morgan fingerprint density at radius 2 is 1.90 bits per heavy atom. The van der Waals surface area contributed by atoms with Crippen molar-refractivity contribution >= 4 is 15.7 Å². The fraction of sp³-hybridized carbons (Fsp3) is 0.600. The largest absolute Gasteiger partial charge is 0.399 e. The number of nitrogen functional groups attached to an aromatic ring is 1. The maximum absolute atomic E-state index is 12.8. The average Bonchev–Trinajstić information content (AvgIpc) is 2.72. The van der Waals surface area contributed by atoms with Crippen molar-refractivity contribution in [2.75, 3.05) is 39.5 Å². The molecular formula is C15H25N3O2S. The predicted molar refractivity (Wildman–Crippen MR) is 85.7 cm³/mol. The monoisotopic (exact) mass is 311 g/mol. The van der Waals surface area contributed by atoms with Gasteiger partial charge >= 0.3 is 0 Å². The second-order valence-corrected chi connectivity index (χ2v) is 8.17. The van der Waals surface area contributed by atoms with Gasteiger partial charge in [-0.3, -0.25) is 0 Å². The van der Waals surface area contributed by atoms with E-state index < -0.39 is 10.0 Å². The lowest BCUT2D eigenvalue weighted by Gasteiger charge is -2.23. The van der Waals surface area contributed by atoms with Gasteiger partial charge in [0, 0.05) is 25.8 Å². The first kappa shape index (κ1) is 16.3. The van der Waals surface area contributed by atoms with Crippen molar-refractivity contribution in [3.05, 3.63) is 23.3 Å². The van der Waals surface area contributed by atoms with Gasteiger partial charge < -0.3 is 10.6 Å². The van der Waals surface area contributed by atoms with Gasteiger partial charge in [0.25, 0.3) is 0 Å². The Morgan fingerprint density at radius 1 is 1.33 bits per heavy atom. The Kier molecular flexibility index (Phi) is 4.60. The molecule has 0 aromatic heterocycles. The number of sulfonamides is 1. The van der Waals surface area contributed by atoms with Crippen LogP contribution in [0.25, 0.3) is 0 Å². The average molecular weight is 311 g/mol. The third kappa shape index (κ3) is 3.39. The molecule has 0 aliphatic carbocycles. The van der Waals surface area contributed by atoms with E-state index in [1.165, 1.54) is 4.31 Å². The van der Waals surface area contributed by atoms with E-state index in [0.717, 1.165) is 19.5 Å². The van der Waals surface area contributed by atoms with Crippen LogP contribution in [0.5, 0.6) is 0 Å². The highest BCUT2D eigenvalue weighted by atomic mass is 32.2. The molecule has 1 unspecified atom stereocenters. The van der Waals surface area contributed by atoms with Crippen molar-refractivity contribution in [2.45, 2.75) is 25.2 Å². The standard InChI is InChI=1S/C15H25N3O2S/c1-11-7-14(16)8-12(2)15(11)21(19,20)18(4)10-13-5-6-17(3)9-13/h7-8,13H,5-6,9-10,16H2,1-4H3.